The summed E-state index contributed by atoms with van der Waals surface area (Å²) < 4.78 is 78.3. The van der Waals surface area contributed by atoms with Crippen LogP contribution in [0.1, 0.15) is 0 Å². The maximum Gasteiger partial charge on any atom is 0.453 e. The molecule has 0 aromatic carbocycles. The first kappa shape index (κ1) is 10.5. The molecule has 11 heavy (non-hydrogen) atoms. The molecule has 0 amide bonds. The fourth-order valence-corrected chi connectivity index (χ4v) is 0.253. The van der Waals surface area contributed by atoms with E-state index in [0.717, 1.165) is 0 Å². The monoisotopic (exact) mass is 183 g/mol. The largest absolute Gasteiger partial charge is 0.453 e. The van der Waals surface area contributed by atoms with Crippen LogP contribution in [0.4, 0.5) is 30.7 Å². The predicted octanol–water partition coefficient (Wildman–Crippen LogP) is 2.65. The topological polar surface area (TPSA) is 0 Å². The highest BCUT2D eigenvalue weighted by molar-refractivity contribution is 4.92. The summed E-state index contributed by atoms with van der Waals surface area (Å²) in [5, 5.41) is 0. The fourth-order valence-electron chi connectivity index (χ4n) is 0.253. The molecule has 0 aromatic rings. The molecule has 0 bridgehead atoms. The van der Waals surface area contributed by atoms with Crippen LogP contribution < -0.4 is 0 Å². The van der Waals surface area contributed by atoms with Gasteiger partial charge in [-0.3, -0.25) is 0 Å². The van der Waals surface area contributed by atoms with Crippen molar-refractivity contribution in [2.24, 2.45) is 0 Å². The third-order valence-electron chi connectivity index (χ3n) is 0.713. The van der Waals surface area contributed by atoms with E-state index in [1.54, 1.807) is 0 Å². The number of halogens is 7. The molecule has 0 aliphatic rings. The number of rotatable bonds is 2. The van der Waals surface area contributed by atoms with E-state index in [1.807, 2.05) is 0 Å². The molecule has 0 aliphatic carbocycles. The van der Waals surface area contributed by atoms with Crippen LogP contribution in [0, 0.1) is 6.42 Å². The van der Waals surface area contributed by atoms with Crippen LogP contribution in [0.5, 0.6) is 0 Å². The molecule has 0 unspecified atom stereocenters. The molecule has 0 N–H and O–H groups in total. The third-order valence-corrected chi connectivity index (χ3v) is 0.713. The van der Waals surface area contributed by atoms with E-state index in [1.165, 1.54) is 0 Å². The summed E-state index contributed by atoms with van der Waals surface area (Å²) in [7, 11) is 0. The number of hydrogen-bond acceptors (Lipinski definition) is 0. The van der Waals surface area contributed by atoms with Crippen LogP contribution in [0.2, 0.25) is 0 Å². The summed E-state index contributed by atoms with van der Waals surface area (Å²) in [5.74, 6) is -5.42. The molecule has 0 rings (SSSR count). The summed E-state index contributed by atoms with van der Waals surface area (Å²) >= 11 is 0. The quantitative estimate of drug-likeness (QED) is 0.577. The maximum absolute atomic E-state index is 11.5. The Labute approximate surface area is 57.0 Å². The average molecular weight is 183 g/mol. The second kappa shape index (κ2) is 2.86. The van der Waals surface area contributed by atoms with Crippen molar-refractivity contribution in [3.63, 3.8) is 0 Å². The van der Waals surface area contributed by atoms with E-state index in [-0.39, 0.29) is 0 Å². The van der Waals surface area contributed by atoms with Gasteiger partial charge in [-0.25, -0.2) is 8.78 Å². The Morgan fingerprint density at radius 1 is 0.909 bits per heavy atom. The van der Waals surface area contributed by atoms with Gasteiger partial charge in [0, 0.05) is 0 Å². The molecule has 0 aromatic heterocycles. The van der Waals surface area contributed by atoms with Gasteiger partial charge in [0.15, 0.2) is 0 Å². The molecule has 0 heterocycles. The first-order chi connectivity index (χ1) is 4.67. The van der Waals surface area contributed by atoms with Crippen molar-refractivity contribution in [1.82, 2.24) is 0 Å². The third kappa shape index (κ3) is 2.94. The zero-order valence-electron chi connectivity index (χ0n) is 4.80. The van der Waals surface area contributed by atoms with Gasteiger partial charge in [-0.1, -0.05) is 0 Å². The fraction of sp³-hybridized carbons (Fsp3) is 0.750. The van der Waals surface area contributed by atoms with E-state index in [2.05, 4.69) is 0 Å². The van der Waals surface area contributed by atoms with Gasteiger partial charge >= 0.3 is 12.1 Å². The highest BCUT2D eigenvalue weighted by atomic mass is 19.4. The van der Waals surface area contributed by atoms with E-state index in [9.17, 15) is 30.7 Å². The molecule has 0 saturated heterocycles. The molecule has 0 atom stereocenters. The molecule has 0 fully saturated rings. The van der Waals surface area contributed by atoms with Crippen LogP contribution in [-0.2, 0) is 0 Å². The second-order valence-electron chi connectivity index (χ2n) is 1.62. The maximum atomic E-state index is 11.5. The second-order valence-corrected chi connectivity index (χ2v) is 1.62. The van der Waals surface area contributed by atoms with E-state index in [4.69, 9.17) is 0 Å². The van der Waals surface area contributed by atoms with Crippen LogP contribution in [0.15, 0.2) is 0 Å². The van der Waals surface area contributed by atoms with Gasteiger partial charge in [0.1, 0.15) is 6.42 Å². The summed E-state index contributed by atoms with van der Waals surface area (Å²) in [6.07, 6.45) is -11.1. The van der Waals surface area contributed by atoms with Crippen molar-refractivity contribution in [3.05, 3.63) is 6.42 Å². The smallest absolute Gasteiger partial charge is 0.210 e. The van der Waals surface area contributed by atoms with Crippen LogP contribution in [0.25, 0.3) is 0 Å². The van der Waals surface area contributed by atoms with Crippen molar-refractivity contribution in [3.8, 4) is 0 Å². The molecular weight excluding hydrogens is 181 g/mol. The van der Waals surface area contributed by atoms with Crippen LogP contribution >= 0.6 is 0 Å². The highest BCUT2D eigenvalue weighted by Gasteiger charge is 2.58. The summed E-state index contributed by atoms with van der Waals surface area (Å²) in [6, 6.07) is 0. The van der Waals surface area contributed by atoms with E-state index < -0.39 is 24.9 Å². The number of alkyl halides is 7. The molecule has 0 saturated carbocycles. The molecule has 67 valence electrons. The Kier molecular flexibility index (Phi) is 2.74. The minimum atomic E-state index is -5.94. The van der Waals surface area contributed by atoms with Gasteiger partial charge in [-0.2, -0.15) is 22.0 Å². The summed E-state index contributed by atoms with van der Waals surface area (Å²) in [6.45, 7) is 0. The van der Waals surface area contributed by atoms with Gasteiger partial charge in [-0.05, 0) is 0 Å². The highest BCUT2D eigenvalue weighted by Crippen LogP contribution is 2.38. The zero-order chi connectivity index (χ0) is 9.28. The lowest BCUT2D eigenvalue weighted by atomic mass is 10.2. The lowest BCUT2D eigenvalue weighted by Crippen LogP contribution is -2.38. The van der Waals surface area contributed by atoms with Crippen molar-refractivity contribution >= 4 is 0 Å². The van der Waals surface area contributed by atoms with Gasteiger partial charge in [0.25, 0.3) is 0 Å². The molecule has 0 spiro atoms. The van der Waals surface area contributed by atoms with Gasteiger partial charge in [0.05, 0.1) is 0 Å². The van der Waals surface area contributed by atoms with Gasteiger partial charge in [-0.15, -0.1) is 0 Å². The molecule has 7 heteroatoms. The predicted molar refractivity (Wildman–Crippen MR) is 21.3 cm³/mol. The van der Waals surface area contributed by atoms with Crippen molar-refractivity contribution in [2.45, 2.75) is 18.5 Å². The average Bonchev–Trinajstić information content (AvgIpc) is 1.56. The zero-order valence-corrected chi connectivity index (χ0v) is 4.80. The Morgan fingerprint density at radius 2 is 1.27 bits per heavy atom. The number of hydrogen-bond donors (Lipinski definition) is 0. The Morgan fingerprint density at radius 3 is 1.36 bits per heavy atom. The van der Waals surface area contributed by atoms with Crippen molar-refractivity contribution in [2.75, 3.05) is 0 Å². The van der Waals surface area contributed by atoms with E-state index in [0.29, 0.717) is 0 Å². The summed E-state index contributed by atoms with van der Waals surface area (Å²) in [5.41, 5.74) is 0. The Balaban J connectivity index is 4.22. The molecule has 1 radical (unpaired) electrons. The van der Waals surface area contributed by atoms with Crippen molar-refractivity contribution in [1.29, 1.82) is 0 Å². The normalized spacial score (nSPS) is 14.2. The Hall–Kier alpha value is -0.490. The lowest BCUT2D eigenvalue weighted by molar-refractivity contribution is -0.271. The first-order valence-electron chi connectivity index (χ1n) is 2.25. The summed E-state index contributed by atoms with van der Waals surface area (Å²) in [4.78, 5) is 0. The minimum absolute atomic E-state index is 1.35. The van der Waals surface area contributed by atoms with Gasteiger partial charge in [0.2, 0.25) is 6.43 Å². The molecular formula is C4H2F7. The Bertz CT molecular complexity index is 123. The van der Waals surface area contributed by atoms with Crippen LogP contribution in [-0.4, -0.2) is 18.5 Å². The first-order valence-corrected chi connectivity index (χ1v) is 2.25. The SMILES string of the molecule is FC(F)[CH]C(F)(F)C(F)(F)F. The standard InChI is InChI=1S/C4H2F7/c5-2(6)1-3(7,8)4(9,10)11/h1-2H. The van der Waals surface area contributed by atoms with E-state index >= 15 is 0 Å². The molecule has 0 aliphatic heterocycles. The van der Waals surface area contributed by atoms with Crippen molar-refractivity contribution < 1.29 is 30.7 Å². The lowest BCUT2D eigenvalue weighted by Gasteiger charge is -2.17. The minimum Gasteiger partial charge on any atom is -0.210 e. The molecule has 0 nitrogen and oxygen atoms in total. The van der Waals surface area contributed by atoms with Crippen LogP contribution in [0.3, 0.4) is 0 Å². The van der Waals surface area contributed by atoms with Gasteiger partial charge < -0.3 is 0 Å².